The van der Waals surface area contributed by atoms with Crippen LogP contribution < -0.4 is 0 Å². The Balaban J connectivity index is 3.57. The van der Waals surface area contributed by atoms with E-state index in [0.29, 0.717) is 6.61 Å². The van der Waals surface area contributed by atoms with Crippen molar-refractivity contribution in [3.63, 3.8) is 0 Å². The molecule has 26 heavy (non-hydrogen) atoms. The number of hydrogen-bond donors (Lipinski definition) is 1. The summed E-state index contributed by atoms with van der Waals surface area (Å²) in [5.41, 5.74) is 0. The first-order valence-corrected chi connectivity index (χ1v) is 12.2. The Morgan fingerprint density at radius 3 is 1.08 bits per heavy atom. The van der Waals surface area contributed by atoms with Crippen LogP contribution in [0.5, 0.6) is 0 Å². The highest BCUT2D eigenvalue weighted by Crippen LogP contribution is 2.12. The Morgan fingerprint density at radius 1 is 0.423 bits per heavy atom. The predicted octanol–water partition coefficient (Wildman–Crippen LogP) is 7.34. The third kappa shape index (κ3) is 20.2. The van der Waals surface area contributed by atoms with Crippen LogP contribution in [0.25, 0.3) is 0 Å². The second kappa shape index (κ2) is 23.0. The monoisotopic (exact) mass is 369 g/mol. The van der Waals surface area contributed by atoms with Gasteiger partial charge in [0.2, 0.25) is 0 Å². The Kier molecular flexibility index (Phi) is 22.9. The SMILES string of the molecule is CCCCCCN(CCCCCC)CCCCCCCCCCCCO. The van der Waals surface area contributed by atoms with Gasteiger partial charge in [0.25, 0.3) is 0 Å². The van der Waals surface area contributed by atoms with Gasteiger partial charge in [0.15, 0.2) is 0 Å². The number of nitrogens with zero attached hydrogens (tertiary/aromatic N) is 1. The molecule has 0 spiro atoms. The zero-order valence-corrected chi connectivity index (χ0v) is 18.5. The molecule has 0 aromatic rings. The minimum Gasteiger partial charge on any atom is -0.396 e. The number of unbranched alkanes of at least 4 members (excludes halogenated alkanes) is 15. The molecule has 0 saturated heterocycles. The van der Waals surface area contributed by atoms with Gasteiger partial charge in [-0.25, -0.2) is 0 Å². The van der Waals surface area contributed by atoms with Crippen LogP contribution in [0.4, 0.5) is 0 Å². The molecule has 0 bridgehead atoms. The van der Waals surface area contributed by atoms with Crippen molar-refractivity contribution in [2.75, 3.05) is 26.2 Å². The molecule has 1 N–H and O–H groups in total. The van der Waals surface area contributed by atoms with E-state index in [-0.39, 0.29) is 0 Å². The molecule has 0 aliphatic heterocycles. The third-order valence-corrected chi connectivity index (χ3v) is 5.54. The summed E-state index contributed by atoms with van der Waals surface area (Å²) in [5, 5.41) is 8.77. The van der Waals surface area contributed by atoms with Crippen LogP contribution in [-0.2, 0) is 0 Å². The van der Waals surface area contributed by atoms with Crippen LogP contribution in [0.3, 0.4) is 0 Å². The Morgan fingerprint density at radius 2 is 0.731 bits per heavy atom. The normalized spacial score (nSPS) is 11.5. The van der Waals surface area contributed by atoms with Crippen molar-refractivity contribution in [1.29, 1.82) is 0 Å². The van der Waals surface area contributed by atoms with Crippen molar-refractivity contribution in [2.45, 2.75) is 129 Å². The molecule has 0 aliphatic rings. The molecular weight excluding hydrogens is 318 g/mol. The van der Waals surface area contributed by atoms with E-state index in [1.165, 1.54) is 129 Å². The van der Waals surface area contributed by atoms with Crippen molar-refractivity contribution in [2.24, 2.45) is 0 Å². The largest absolute Gasteiger partial charge is 0.396 e. The third-order valence-electron chi connectivity index (χ3n) is 5.54. The zero-order valence-electron chi connectivity index (χ0n) is 18.5. The van der Waals surface area contributed by atoms with E-state index in [2.05, 4.69) is 18.7 Å². The molecule has 0 rings (SSSR count). The van der Waals surface area contributed by atoms with E-state index in [4.69, 9.17) is 5.11 Å². The second-order valence-corrected chi connectivity index (χ2v) is 8.22. The van der Waals surface area contributed by atoms with Crippen LogP contribution in [0.2, 0.25) is 0 Å². The smallest absolute Gasteiger partial charge is 0.0431 e. The maximum atomic E-state index is 8.77. The van der Waals surface area contributed by atoms with Crippen LogP contribution in [0, 0.1) is 0 Å². The number of aliphatic hydroxyl groups excluding tert-OH is 1. The van der Waals surface area contributed by atoms with Crippen LogP contribution in [0.15, 0.2) is 0 Å². The number of aliphatic hydroxyl groups is 1. The summed E-state index contributed by atoms with van der Waals surface area (Å²) in [6.45, 7) is 8.98. The van der Waals surface area contributed by atoms with Crippen LogP contribution in [0.1, 0.15) is 129 Å². The fraction of sp³-hybridized carbons (Fsp3) is 1.00. The molecule has 0 aromatic carbocycles. The van der Waals surface area contributed by atoms with Crippen molar-refractivity contribution in [1.82, 2.24) is 4.90 Å². The fourth-order valence-electron chi connectivity index (χ4n) is 3.72. The fourth-order valence-corrected chi connectivity index (χ4v) is 3.72. The highest BCUT2D eigenvalue weighted by Gasteiger charge is 2.04. The molecule has 0 amide bonds. The maximum Gasteiger partial charge on any atom is 0.0431 e. The lowest BCUT2D eigenvalue weighted by Gasteiger charge is -2.22. The van der Waals surface area contributed by atoms with Gasteiger partial charge in [0.05, 0.1) is 0 Å². The highest BCUT2D eigenvalue weighted by molar-refractivity contribution is 4.60. The summed E-state index contributed by atoms with van der Waals surface area (Å²) < 4.78 is 0. The average molecular weight is 370 g/mol. The quantitative estimate of drug-likeness (QED) is 0.202. The lowest BCUT2D eigenvalue weighted by Crippen LogP contribution is -2.27. The minimum absolute atomic E-state index is 0.369. The lowest BCUT2D eigenvalue weighted by molar-refractivity contribution is 0.254. The van der Waals surface area contributed by atoms with E-state index < -0.39 is 0 Å². The number of hydrogen-bond acceptors (Lipinski definition) is 2. The average Bonchev–Trinajstić information content (AvgIpc) is 2.66. The van der Waals surface area contributed by atoms with E-state index in [0.717, 1.165) is 6.42 Å². The van der Waals surface area contributed by atoms with E-state index in [1.54, 1.807) is 0 Å². The first kappa shape index (κ1) is 25.9. The van der Waals surface area contributed by atoms with Gasteiger partial charge in [-0.2, -0.15) is 0 Å². The van der Waals surface area contributed by atoms with Gasteiger partial charge in [0.1, 0.15) is 0 Å². The van der Waals surface area contributed by atoms with E-state index >= 15 is 0 Å². The molecule has 0 aromatic heterocycles. The summed E-state index contributed by atoms with van der Waals surface area (Å²) in [7, 11) is 0. The summed E-state index contributed by atoms with van der Waals surface area (Å²) in [6, 6.07) is 0. The summed E-state index contributed by atoms with van der Waals surface area (Å²) in [5.74, 6) is 0. The minimum atomic E-state index is 0.369. The Bertz CT molecular complexity index is 232. The van der Waals surface area contributed by atoms with Gasteiger partial charge in [-0.05, 0) is 45.3 Å². The molecular formula is C24H51NO. The molecule has 0 aliphatic carbocycles. The van der Waals surface area contributed by atoms with Gasteiger partial charge < -0.3 is 10.0 Å². The van der Waals surface area contributed by atoms with Gasteiger partial charge in [-0.1, -0.05) is 104 Å². The van der Waals surface area contributed by atoms with Gasteiger partial charge in [-0.3, -0.25) is 0 Å². The molecule has 0 atom stereocenters. The topological polar surface area (TPSA) is 23.5 Å². The van der Waals surface area contributed by atoms with Crippen LogP contribution in [-0.4, -0.2) is 36.2 Å². The molecule has 0 heterocycles. The van der Waals surface area contributed by atoms with Crippen molar-refractivity contribution in [3.8, 4) is 0 Å². The van der Waals surface area contributed by atoms with E-state index in [1.807, 2.05) is 0 Å². The maximum absolute atomic E-state index is 8.77. The summed E-state index contributed by atoms with van der Waals surface area (Å²) in [6.07, 6.45) is 24.5. The lowest BCUT2D eigenvalue weighted by atomic mass is 10.1. The Labute approximate surface area is 166 Å². The first-order chi connectivity index (χ1) is 12.8. The van der Waals surface area contributed by atoms with E-state index in [9.17, 15) is 0 Å². The number of rotatable bonds is 22. The van der Waals surface area contributed by atoms with Crippen molar-refractivity contribution in [3.05, 3.63) is 0 Å². The molecule has 2 heteroatoms. The Hall–Kier alpha value is -0.0800. The first-order valence-electron chi connectivity index (χ1n) is 12.2. The standard InChI is InChI=1S/C24H51NO/c1-3-5-7-17-21-25(22-18-8-6-4-2)23-19-15-13-11-9-10-12-14-16-20-24-26/h26H,3-24H2,1-2H3. The summed E-state index contributed by atoms with van der Waals surface area (Å²) >= 11 is 0. The summed E-state index contributed by atoms with van der Waals surface area (Å²) in [4.78, 5) is 2.76. The van der Waals surface area contributed by atoms with Crippen molar-refractivity contribution >= 4 is 0 Å². The predicted molar refractivity (Wildman–Crippen MR) is 118 cm³/mol. The molecule has 0 unspecified atom stereocenters. The molecule has 2 nitrogen and oxygen atoms in total. The van der Waals surface area contributed by atoms with Crippen molar-refractivity contribution < 1.29 is 5.11 Å². The van der Waals surface area contributed by atoms with Gasteiger partial charge in [0, 0.05) is 6.61 Å². The van der Waals surface area contributed by atoms with Gasteiger partial charge in [-0.15, -0.1) is 0 Å². The molecule has 0 saturated carbocycles. The second-order valence-electron chi connectivity index (χ2n) is 8.22. The zero-order chi connectivity index (χ0) is 19.1. The molecule has 0 radical (unpaired) electrons. The molecule has 0 fully saturated rings. The highest BCUT2D eigenvalue weighted by atomic mass is 16.2. The molecule has 158 valence electrons. The van der Waals surface area contributed by atoms with Gasteiger partial charge >= 0.3 is 0 Å². The van der Waals surface area contributed by atoms with Crippen LogP contribution >= 0.6 is 0 Å².